The molecule has 5 heteroatoms. The minimum Gasteiger partial charge on any atom is -0.465 e. The van der Waals surface area contributed by atoms with E-state index in [1.54, 1.807) is 0 Å². The highest BCUT2D eigenvalue weighted by molar-refractivity contribution is 6.33. The maximum Gasteiger partial charge on any atom is 0.407 e. The number of amides is 1. The molecule has 0 aromatic heterocycles. The monoisotopic (exact) mass is 254 g/mol. The van der Waals surface area contributed by atoms with Gasteiger partial charge in [-0.1, -0.05) is 17.7 Å². The second kappa shape index (κ2) is 4.84. The van der Waals surface area contributed by atoms with E-state index in [2.05, 4.69) is 4.90 Å². The first kappa shape index (κ1) is 12.0. The number of carboxylic acid groups (broad SMARTS) is 1. The van der Waals surface area contributed by atoms with Gasteiger partial charge in [-0.3, -0.25) is 0 Å². The SMILES string of the molecule is Cc1ccc(N2CCN(C(=O)O)CC2)c(Cl)c1. The van der Waals surface area contributed by atoms with Crippen LogP contribution >= 0.6 is 11.6 Å². The lowest BCUT2D eigenvalue weighted by Crippen LogP contribution is -2.48. The molecule has 4 nitrogen and oxygen atoms in total. The summed E-state index contributed by atoms with van der Waals surface area (Å²) < 4.78 is 0. The summed E-state index contributed by atoms with van der Waals surface area (Å²) in [4.78, 5) is 14.3. The molecule has 1 aromatic carbocycles. The minimum atomic E-state index is -0.848. The van der Waals surface area contributed by atoms with Crippen molar-refractivity contribution in [2.75, 3.05) is 31.1 Å². The number of halogens is 1. The smallest absolute Gasteiger partial charge is 0.407 e. The van der Waals surface area contributed by atoms with Crippen LogP contribution in [0, 0.1) is 6.92 Å². The first-order valence-electron chi connectivity index (χ1n) is 5.57. The van der Waals surface area contributed by atoms with E-state index < -0.39 is 6.09 Å². The summed E-state index contributed by atoms with van der Waals surface area (Å²) in [5, 5.41) is 9.60. The molecular formula is C12H15ClN2O2. The molecule has 0 radical (unpaired) electrons. The van der Waals surface area contributed by atoms with E-state index in [4.69, 9.17) is 16.7 Å². The van der Waals surface area contributed by atoms with E-state index in [-0.39, 0.29) is 0 Å². The van der Waals surface area contributed by atoms with E-state index in [0.29, 0.717) is 26.2 Å². The third-order valence-electron chi connectivity index (χ3n) is 2.99. The number of hydrogen-bond donors (Lipinski definition) is 1. The van der Waals surface area contributed by atoms with Gasteiger partial charge in [0, 0.05) is 26.2 Å². The molecule has 1 aromatic rings. The van der Waals surface area contributed by atoms with Crippen molar-refractivity contribution in [1.29, 1.82) is 0 Å². The van der Waals surface area contributed by atoms with Crippen molar-refractivity contribution in [3.05, 3.63) is 28.8 Å². The number of piperazine rings is 1. The number of carbonyl (C=O) groups is 1. The molecule has 0 spiro atoms. The molecule has 0 atom stereocenters. The van der Waals surface area contributed by atoms with Crippen molar-refractivity contribution in [3.63, 3.8) is 0 Å². The molecule has 0 saturated carbocycles. The van der Waals surface area contributed by atoms with E-state index >= 15 is 0 Å². The molecule has 0 unspecified atom stereocenters. The summed E-state index contributed by atoms with van der Waals surface area (Å²) in [5.41, 5.74) is 2.12. The highest BCUT2D eigenvalue weighted by Gasteiger charge is 2.21. The van der Waals surface area contributed by atoms with Gasteiger partial charge in [0.15, 0.2) is 0 Å². The van der Waals surface area contributed by atoms with Gasteiger partial charge in [0.05, 0.1) is 10.7 Å². The molecule has 1 aliphatic rings. The van der Waals surface area contributed by atoms with Crippen molar-refractivity contribution in [3.8, 4) is 0 Å². The molecule has 1 saturated heterocycles. The van der Waals surface area contributed by atoms with Gasteiger partial charge in [-0.15, -0.1) is 0 Å². The van der Waals surface area contributed by atoms with Crippen LogP contribution in [0.4, 0.5) is 10.5 Å². The molecule has 0 aliphatic carbocycles. The quantitative estimate of drug-likeness (QED) is 0.837. The Labute approximate surface area is 105 Å². The highest BCUT2D eigenvalue weighted by Crippen LogP contribution is 2.27. The molecule has 1 heterocycles. The molecular weight excluding hydrogens is 240 g/mol. The third-order valence-corrected chi connectivity index (χ3v) is 3.30. The summed E-state index contributed by atoms with van der Waals surface area (Å²) in [6.45, 7) is 4.43. The summed E-state index contributed by atoms with van der Waals surface area (Å²) in [7, 11) is 0. The van der Waals surface area contributed by atoms with E-state index in [0.717, 1.165) is 16.3 Å². The first-order valence-corrected chi connectivity index (χ1v) is 5.94. The lowest BCUT2D eigenvalue weighted by Gasteiger charge is -2.35. The molecule has 1 amide bonds. The van der Waals surface area contributed by atoms with Crippen LogP contribution in [0.3, 0.4) is 0 Å². The number of hydrogen-bond acceptors (Lipinski definition) is 2. The predicted octanol–water partition coefficient (Wildman–Crippen LogP) is 2.45. The zero-order valence-corrected chi connectivity index (χ0v) is 10.4. The number of rotatable bonds is 1. The molecule has 1 aliphatic heterocycles. The Morgan fingerprint density at radius 3 is 2.47 bits per heavy atom. The fraction of sp³-hybridized carbons (Fsp3) is 0.417. The molecule has 1 fully saturated rings. The third kappa shape index (κ3) is 2.64. The van der Waals surface area contributed by atoms with Gasteiger partial charge in [0.25, 0.3) is 0 Å². The fourth-order valence-electron chi connectivity index (χ4n) is 2.01. The topological polar surface area (TPSA) is 43.8 Å². The summed E-state index contributed by atoms with van der Waals surface area (Å²) in [6.07, 6.45) is -0.848. The largest absolute Gasteiger partial charge is 0.465 e. The molecule has 92 valence electrons. The van der Waals surface area contributed by atoms with Crippen LogP contribution in [0.1, 0.15) is 5.56 Å². The van der Waals surface area contributed by atoms with Gasteiger partial charge in [0.1, 0.15) is 0 Å². The van der Waals surface area contributed by atoms with Crippen molar-refractivity contribution < 1.29 is 9.90 Å². The maximum absolute atomic E-state index is 10.8. The maximum atomic E-state index is 10.8. The Morgan fingerprint density at radius 1 is 1.29 bits per heavy atom. The fourth-order valence-corrected chi connectivity index (χ4v) is 2.36. The van der Waals surface area contributed by atoms with Gasteiger partial charge >= 0.3 is 6.09 Å². The lowest BCUT2D eigenvalue weighted by molar-refractivity contribution is 0.142. The van der Waals surface area contributed by atoms with E-state index in [9.17, 15) is 4.79 Å². The van der Waals surface area contributed by atoms with Crippen LogP contribution in [0.25, 0.3) is 0 Å². The number of aryl methyl sites for hydroxylation is 1. The van der Waals surface area contributed by atoms with Crippen LogP contribution in [-0.2, 0) is 0 Å². The van der Waals surface area contributed by atoms with Gasteiger partial charge in [0.2, 0.25) is 0 Å². The summed E-state index contributed by atoms with van der Waals surface area (Å²) in [6, 6.07) is 5.94. The number of nitrogens with zero attached hydrogens (tertiary/aromatic N) is 2. The number of anilines is 1. The second-order valence-corrected chi connectivity index (χ2v) is 4.62. The molecule has 17 heavy (non-hydrogen) atoms. The van der Waals surface area contributed by atoms with E-state index in [1.165, 1.54) is 4.90 Å². The zero-order valence-electron chi connectivity index (χ0n) is 9.69. The average Bonchev–Trinajstić information content (AvgIpc) is 2.29. The van der Waals surface area contributed by atoms with E-state index in [1.807, 2.05) is 25.1 Å². The molecule has 1 N–H and O–H groups in total. The van der Waals surface area contributed by atoms with Gasteiger partial charge in [-0.25, -0.2) is 4.79 Å². The second-order valence-electron chi connectivity index (χ2n) is 4.21. The van der Waals surface area contributed by atoms with Crippen LogP contribution in [0.2, 0.25) is 5.02 Å². The lowest BCUT2D eigenvalue weighted by atomic mass is 10.2. The Balaban J connectivity index is 2.08. The summed E-state index contributed by atoms with van der Waals surface area (Å²) in [5.74, 6) is 0. The van der Waals surface area contributed by atoms with Crippen molar-refractivity contribution in [1.82, 2.24) is 4.90 Å². The van der Waals surface area contributed by atoms with Crippen LogP contribution in [0.15, 0.2) is 18.2 Å². The summed E-state index contributed by atoms with van der Waals surface area (Å²) >= 11 is 6.19. The first-order chi connectivity index (χ1) is 8.08. The normalized spacial score (nSPS) is 16.1. The number of benzene rings is 1. The van der Waals surface area contributed by atoms with Crippen LogP contribution in [0.5, 0.6) is 0 Å². The van der Waals surface area contributed by atoms with Gasteiger partial charge in [-0.05, 0) is 24.6 Å². The average molecular weight is 255 g/mol. The highest BCUT2D eigenvalue weighted by atomic mass is 35.5. The van der Waals surface area contributed by atoms with Crippen LogP contribution in [-0.4, -0.2) is 42.3 Å². The predicted molar refractivity (Wildman–Crippen MR) is 68.0 cm³/mol. The molecule has 0 bridgehead atoms. The Bertz CT molecular complexity index is 429. The van der Waals surface area contributed by atoms with Crippen LogP contribution < -0.4 is 4.90 Å². The Kier molecular flexibility index (Phi) is 3.43. The van der Waals surface area contributed by atoms with Gasteiger partial charge < -0.3 is 14.9 Å². The van der Waals surface area contributed by atoms with Crippen molar-refractivity contribution in [2.45, 2.75) is 6.92 Å². The van der Waals surface area contributed by atoms with Gasteiger partial charge in [-0.2, -0.15) is 0 Å². The Morgan fingerprint density at radius 2 is 1.94 bits per heavy atom. The molecule has 2 rings (SSSR count). The van der Waals surface area contributed by atoms with Crippen molar-refractivity contribution >= 4 is 23.4 Å². The standard InChI is InChI=1S/C12H15ClN2O2/c1-9-2-3-11(10(13)8-9)14-4-6-15(7-5-14)12(16)17/h2-3,8H,4-7H2,1H3,(H,16,17). The minimum absolute atomic E-state index is 0.527. The Hall–Kier alpha value is -1.42. The van der Waals surface area contributed by atoms with Crippen molar-refractivity contribution in [2.24, 2.45) is 0 Å². The zero-order chi connectivity index (χ0) is 12.4.